The number of amides is 3. The van der Waals surface area contributed by atoms with E-state index in [1.54, 1.807) is 55.1 Å². The molecule has 3 amide bonds. The van der Waals surface area contributed by atoms with E-state index in [1.807, 2.05) is 24.3 Å². The van der Waals surface area contributed by atoms with E-state index in [2.05, 4.69) is 31.2 Å². The van der Waals surface area contributed by atoms with Crippen molar-refractivity contribution in [1.29, 1.82) is 0 Å². The Labute approximate surface area is 294 Å². The zero-order valence-electron chi connectivity index (χ0n) is 27.5. The van der Waals surface area contributed by atoms with Gasteiger partial charge in [-0.2, -0.15) is 0 Å². The zero-order valence-corrected chi connectivity index (χ0v) is 29.0. The summed E-state index contributed by atoms with van der Waals surface area (Å²) in [6.07, 6.45) is 3.66. The average Bonchev–Trinajstić information content (AvgIpc) is 3.67. The van der Waals surface area contributed by atoms with Crippen LogP contribution in [0, 0.1) is 0 Å². The summed E-state index contributed by atoms with van der Waals surface area (Å²) in [4.78, 5) is 48.3. The smallest absolute Gasteiger partial charge is 0.291 e. The summed E-state index contributed by atoms with van der Waals surface area (Å²) in [5.41, 5.74) is 5.59. The number of fused-ring (bicyclic) bond motifs is 1. The fraction of sp³-hybridized carbons (Fsp3) is 0.343. The van der Waals surface area contributed by atoms with Crippen molar-refractivity contribution in [3.63, 3.8) is 0 Å². The maximum absolute atomic E-state index is 13.5. The van der Waals surface area contributed by atoms with Crippen LogP contribution in [0.15, 0.2) is 48.7 Å². The summed E-state index contributed by atoms with van der Waals surface area (Å²) >= 11 is 13.9. The number of hydrogen-bond donors (Lipinski definition) is 4. The fourth-order valence-corrected chi connectivity index (χ4v) is 6.92. The summed E-state index contributed by atoms with van der Waals surface area (Å²) in [6, 6.07) is 13.1. The Morgan fingerprint density at radius 3 is 2.67 bits per heavy atom. The highest BCUT2D eigenvalue weighted by Crippen LogP contribution is 2.41. The number of rotatable bonds is 11. The largest absolute Gasteiger partial charge is 0.496 e. The number of likely N-dealkylation sites (N-methyl/N-ethyl adjacent to an activating group) is 1. The first kappa shape index (κ1) is 34.4. The standard InChI is InChI=1S/C35H38Cl2N8O4/c1-38-18-30(47)45-14-12-27-26(19-45)42-34(44(27)2)35(48)43-25-6-4-5-23(31(25)36)24-11-13-40-33(32(24)37)20-7-8-21(28(15-20)49-3)16-39-17-22-9-10-29(46)41-22/h4-8,11,13,15,22,38-39H,9-10,12,14,16-19H2,1-3H3,(H,41,46)(H,43,48)/t22-/m1/s1. The van der Waals surface area contributed by atoms with E-state index in [0.717, 1.165) is 23.2 Å². The molecular weight excluding hydrogens is 667 g/mol. The number of pyridine rings is 1. The Bertz CT molecular complexity index is 1910. The lowest BCUT2D eigenvalue weighted by Crippen LogP contribution is -2.40. The van der Waals surface area contributed by atoms with Gasteiger partial charge in [-0.15, -0.1) is 0 Å². The monoisotopic (exact) mass is 704 g/mol. The van der Waals surface area contributed by atoms with Crippen LogP contribution in [0.1, 0.15) is 40.4 Å². The molecule has 4 heterocycles. The molecular formula is C35H38Cl2N8O4. The van der Waals surface area contributed by atoms with Crippen LogP contribution in [0.3, 0.4) is 0 Å². The minimum absolute atomic E-state index is 0.0111. The number of carbonyl (C=O) groups is 3. The average molecular weight is 706 g/mol. The number of nitrogens with one attached hydrogen (secondary N) is 4. The molecule has 1 fully saturated rings. The number of imidazole rings is 1. The number of carbonyl (C=O) groups excluding carboxylic acids is 3. The van der Waals surface area contributed by atoms with E-state index in [9.17, 15) is 14.4 Å². The van der Waals surface area contributed by atoms with E-state index in [1.165, 1.54) is 0 Å². The highest BCUT2D eigenvalue weighted by Gasteiger charge is 2.28. The van der Waals surface area contributed by atoms with Crippen molar-refractivity contribution in [2.75, 3.05) is 39.1 Å². The quantitative estimate of drug-likeness (QED) is 0.182. The third-order valence-corrected chi connectivity index (χ3v) is 9.71. The van der Waals surface area contributed by atoms with Gasteiger partial charge >= 0.3 is 0 Å². The van der Waals surface area contributed by atoms with Crippen molar-refractivity contribution in [3.05, 3.63) is 81.5 Å². The second-order valence-electron chi connectivity index (χ2n) is 12.1. The van der Waals surface area contributed by atoms with Crippen LogP contribution < -0.4 is 26.0 Å². The lowest BCUT2D eigenvalue weighted by Gasteiger charge is -2.26. The van der Waals surface area contributed by atoms with E-state index < -0.39 is 5.91 Å². The molecule has 0 radical (unpaired) electrons. The highest BCUT2D eigenvalue weighted by molar-refractivity contribution is 6.39. The predicted molar refractivity (Wildman–Crippen MR) is 189 cm³/mol. The molecule has 14 heteroatoms. The molecule has 2 aromatic carbocycles. The van der Waals surface area contributed by atoms with E-state index in [0.29, 0.717) is 83.0 Å². The second kappa shape index (κ2) is 15.0. The molecule has 2 aromatic heterocycles. The van der Waals surface area contributed by atoms with Crippen molar-refractivity contribution in [3.8, 4) is 28.1 Å². The van der Waals surface area contributed by atoms with Crippen molar-refractivity contribution in [2.45, 2.75) is 38.4 Å². The van der Waals surface area contributed by atoms with Crippen molar-refractivity contribution >= 4 is 46.6 Å². The molecule has 2 aliphatic heterocycles. The van der Waals surface area contributed by atoms with Gasteiger partial charge in [0.15, 0.2) is 5.82 Å². The van der Waals surface area contributed by atoms with Gasteiger partial charge in [0.1, 0.15) is 5.75 Å². The summed E-state index contributed by atoms with van der Waals surface area (Å²) in [5, 5.41) is 12.9. The maximum Gasteiger partial charge on any atom is 0.291 e. The lowest BCUT2D eigenvalue weighted by atomic mass is 10.0. The van der Waals surface area contributed by atoms with Gasteiger partial charge in [0.05, 0.1) is 47.3 Å². The Morgan fingerprint density at radius 2 is 1.92 bits per heavy atom. The number of hydrogen-bond acceptors (Lipinski definition) is 8. The minimum Gasteiger partial charge on any atom is -0.496 e. The van der Waals surface area contributed by atoms with Crippen LogP contribution >= 0.6 is 23.2 Å². The molecule has 256 valence electrons. The van der Waals surface area contributed by atoms with Crippen LogP contribution in [0.2, 0.25) is 10.0 Å². The van der Waals surface area contributed by atoms with Gasteiger partial charge in [-0.3, -0.25) is 19.4 Å². The van der Waals surface area contributed by atoms with Crippen molar-refractivity contribution in [2.24, 2.45) is 7.05 Å². The molecule has 6 rings (SSSR count). The second-order valence-corrected chi connectivity index (χ2v) is 12.8. The summed E-state index contributed by atoms with van der Waals surface area (Å²) in [7, 11) is 5.15. The molecule has 49 heavy (non-hydrogen) atoms. The highest BCUT2D eigenvalue weighted by atomic mass is 35.5. The molecule has 0 unspecified atom stereocenters. The Kier molecular flexibility index (Phi) is 10.5. The Balaban J connectivity index is 1.20. The van der Waals surface area contributed by atoms with Crippen LogP contribution in [0.5, 0.6) is 5.75 Å². The van der Waals surface area contributed by atoms with Crippen LogP contribution in [0.25, 0.3) is 22.4 Å². The molecule has 4 aromatic rings. The molecule has 1 atom stereocenters. The first-order chi connectivity index (χ1) is 23.7. The topological polar surface area (TPSA) is 143 Å². The Hall–Kier alpha value is -4.49. The molecule has 0 bridgehead atoms. The molecule has 2 aliphatic rings. The molecule has 1 saturated heterocycles. The SMILES string of the molecule is CNCC(=O)N1CCc2c(nc(C(=O)Nc3cccc(-c4ccnc(-c5ccc(CNC[C@H]6CCC(=O)N6)c(OC)c5)c4Cl)c3Cl)n2C)C1. The first-order valence-corrected chi connectivity index (χ1v) is 16.8. The van der Waals surface area contributed by atoms with Gasteiger partial charge < -0.3 is 35.5 Å². The van der Waals surface area contributed by atoms with E-state index >= 15 is 0 Å². The fourth-order valence-electron chi connectivity index (χ4n) is 6.32. The van der Waals surface area contributed by atoms with Gasteiger partial charge in [-0.05, 0) is 31.7 Å². The van der Waals surface area contributed by atoms with Gasteiger partial charge in [0, 0.05) is 79.7 Å². The number of methoxy groups -OCH3 is 1. The van der Waals surface area contributed by atoms with Gasteiger partial charge in [-0.25, -0.2) is 4.98 Å². The molecule has 4 N–H and O–H groups in total. The molecule has 0 spiro atoms. The van der Waals surface area contributed by atoms with Crippen molar-refractivity contribution in [1.82, 2.24) is 35.4 Å². The molecule has 0 aliphatic carbocycles. The number of anilines is 1. The lowest BCUT2D eigenvalue weighted by molar-refractivity contribution is -0.131. The summed E-state index contributed by atoms with van der Waals surface area (Å²) in [6.45, 7) is 2.40. The Morgan fingerprint density at radius 1 is 1.10 bits per heavy atom. The van der Waals surface area contributed by atoms with Crippen LogP contribution in [-0.2, 0) is 36.1 Å². The first-order valence-electron chi connectivity index (χ1n) is 16.1. The minimum atomic E-state index is -0.416. The zero-order chi connectivity index (χ0) is 34.7. The third-order valence-electron chi connectivity index (χ3n) is 8.92. The van der Waals surface area contributed by atoms with Crippen LogP contribution in [-0.4, -0.2) is 77.0 Å². The van der Waals surface area contributed by atoms with E-state index in [-0.39, 0.29) is 30.2 Å². The van der Waals surface area contributed by atoms with Gasteiger partial charge in [0.25, 0.3) is 5.91 Å². The molecule has 0 saturated carbocycles. The normalized spacial score (nSPS) is 15.6. The van der Waals surface area contributed by atoms with Gasteiger partial charge in [0.2, 0.25) is 11.8 Å². The van der Waals surface area contributed by atoms with E-state index in [4.69, 9.17) is 27.9 Å². The summed E-state index contributed by atoms with van der Waals surface area (Å²) < 4.78 is 7.48. The third kappa shape index (κ3) is 7.28. The number of ether oxygens (including phenoxy) is 1. The number of benzene rings is 2. The number of nitrogens with zero attached hydrogens (tertiary/aromatic N) is 4. The van der Waals surface area contributed by atoms with Gasteiger partial charge in [-0.1, -0.05) is 47.5 Å². The predicted octanol–water partition coefficient (Wildman–Crippen LogP) is 4.19. The number of aromatic nitrogens is 3. The molecule has 12 nitrogen and oxygen atoms in total. The summed E-state index contributed by atoms with van der Waals surface area (Å²) in [5.74, 6) is 0.577. The van der Waals surface area contributed by atoms with Crippen LogP contribution in [0.4, 0.5) is 5.69 Å². The maximum atomic E-state index is 13.5. The number of halogens is 2. The van der Waals surface area contributed by atoms with Crippen molar-refractivity contribution < 1.29 is 19.1 Å².